The van der Waals surface area contributed by atoms with Gasteiger partial charge in [-0.05, 0) is 39.8 Å². The van der Waals surface area contributed by atoms with Crippen LogP contribution in [0.4, 0.5) is 4.79 Å². The number of aliphatic hydroxyl groups is 1. The normalized spacial score (nSPS) is 18.4. The first kappa shape index (κ1) is 13.4. The van der Waals surface area contributed by atoms with E-state index in [2.05, 4.69) is 0 Å². The fraction of sp³-hybridized carbons (Fsp3) is 0.615. The van der Waals surface area contributed by atoms with Gasteiger partial charge in [0, 0.05) is 9.75 Å². The number of rotatable bonds is 1. The van der Waals surface area contributed by atoms with Crippen LogP contribution in [0, 0.1) is 6.92 Å². The van der Waals surface area contributed by atoms with Gasteiger partial charge in [-0.3, -0.25) is 0 Å². The summed E-state index contributed by atoms with van der Waals surface area (Å²) in [7, 11) is 0. The zero-order valence-corrected chi connectivity index (χ0v) is 12.0. The second kappa shape index (κ2) is 4.24. The quantitative estimate of drug-likeness (QED) is 0.852. The van der Waals surface area contributed by atoms with E-state index in [0.717, 1.165) is 9.75 Å². The largest absolute Gasteiger partial charge is 0.444 e. The van der Waals surface area contributed by atoms with Gasteiger partial charge in [-0.1, -0.05) is 0 Å². The van der Waals surface area contributed by atoms with Crippen LogP contribution in [0.1, 0.15) is 30.5 Å². The van der Waals surface area contributed by atoms with Gasteiger partial charge in [0.25, 0.3) is 0 Å². The van der Waals surface area contributed by atoms with Crippen molar-refractivity contribution in [3.8, 4) is 0 Å². The number of β-amino-alcohol motifs (C(OH)–C–C–N with tert-alkyl or cyclic N) is 1. The number of nitrogens with zero attached hydrogens (tertiary/aromatic N) is 1. The molecule has 0 unspecified atom stereocenters. The van der Waals surface area contributed by atoms with E-state index in [1.165, 1.54) is 4.90 Å². The maximum absolute atomic E-state index is 11.8. The highest BCUT2D eigenvalue weighted by Crippen LogP contribution is 2.36. The predicted molar refractivity (Wildman–Crippen MR) is 70.8 cm³/mol. The van der Waals surface area contributed by atoms with Crippen LogP contribution >= 0.6 is 11.3 Å². The smallest absolute Gasteiger partial charge is 0.410 e. The molecule has 1 saturated heterocycles. The molecule has 1 aromatic heterocycles. The molecule has 0 radical (unpaired) electrons. The van der Waals surface area contributed by atoms with Crippen LogP contribution in [-0.4, -0.2) is 34.8 Å². The van der Waals surface area contributed by atoms with Crippen molar-refractivity contribution in [2.75, 3.05) is 13.1 Å². The standard InChI is InChI=1S/C13H19NO3S/c1-9-5-6-10(18-9)13(16)7-14(8-13)11(15)17-12(2,3)4/h5-6,16H,7-8H2,1-4H3. The average Bonchev–Trinajstić information content (AvgIpc) is 2.57. The van der Waals surface area contributed by atoms with Crippen molar-refractivity contribution in [3.05, 3.63) is 21.9 Å². The van der Waals surface area contributed by atoms with Crippen LogP contribution in [0.5, 0.6) is 0 Å². The van der Waals surface area contributed by atoms with Crippen molar-refractivity contribution < 1.29 is 14.6 Å². The summed E-state index contributed by atoms with van der Waals surface area (Å²) in [6, 6.07) is 3.90. The van der Waals surface area contributed by atoms with Gasteiger partial charge < -0.3 is 14.7 Å². The van der Waals surface area contributed by atoms with Gasteiger partial charge in [0.2, 0.25) is 0 Å². The molecular weight excluding hydrogens is 250 g/mol. The van der Waals surface area contributed by atoms with E-state index in [-0.39, 0.29) is 6.09 Å². The lowest BCUT2D eigenvalue weighted by atomic mass is 9.93. The van der Waals surface area contributed by atoms with Crippen LogP contribution in [0.25, 0.3) is 0 Å². The lowest BCUT2D eigenvalue weighted by molar-refractivity contribution is -0.101. The molecule has 1 aromatic rings. The third kappa shape index (κ3) is 2.67. The molecule has 0 spiro atoms. The van der Waals surface area contributed by atoms with E-state index < -0.39 is 11.2 Å². The van der Waals surface area contributed by atoms with Gasteiger partial charge in [-0.15, -0.1) is 11.3 Å². The molecule has 1 aliphatic rings. The minimum atomic E-state index is -0.893. The number of amides is 1. The molecule has 0 aliphatic carbocycles. The Bertz CT molecular complexity index is 455. The minimum Gasteiger partial charge on any atom is -0.444 e. The first-order valence-corrected chi connectivity index (χ1v) is 6.78. The number of carbonyl (C=O) groups excluding carboxylic acids is 1. The summed E-state index contributed by atoms with van der Waals surface area (Å²) in [5.41, 5.74) is -1.39. The molecule has 1 aliphatic heterocycles. The Balaban J connectivity index is 1.95. The Morgan fingerprint density at radius 1 is 1.44 bits per heavy atom. The number of carbonyl (C=O) groups is 1. The van der Waals surface area contributed by atoms with Crippen LogP contribution in [0.15, 0.2) is 12.1 Å². The zero-order chi connectivity index (χ0) is 13.6. The first-order chi connectivity index (χ1) is 8.20. The number of hydrogen-bond donors (Lipinski definition) is 1. The van der Waals surface area contributed by atoms with Crippen molar-refractivity contribution in [2.24, 2.45) is 0 Å². The molecule has 1 fully saturated rings. The van der Waals surface area contributed by atoms with Crippen molar-refractivity contribution >= 4 is 17.4 Å². The van der Waals surface area contributed by atoms with Crippen molar-refractivity contribution in [1.29, 1.82) is 0 Å². The van der Waals surface area contributed by atoms with Gasteiger partial charge >= 0.3 is 6.09 Å². The minimum absolute atomic E-state index is 0.307. The van der Waals surface area contributed by atoms with Gasteiger partial charge in [-0.2, -0.15) is 0 Å². The van der Waals surface area contributed by atoms with Crippen LogP contribution in [0.2, 0.25) is 0 Å². The summed E-state index contributed by atoms with van der Waals surface area (Å²) in [6.07, 6.45) is -0.361. The molecular formula is C13H19NO3S. The van der Waals surface area contributed by atoms with E-state index in [9.17, 15) is 9.90 Å². The summed E-state index contributed by atoms with van der Waals surface area (Å²) in [4.78, 5) is 15.4. The molecule has 0 atom stereocenters. The Hall–Kier alpha value is -1.07. The fourth-order valence-corrected chi connectivity index (χ4v) is 2.82. The van der Waals surface area contributed by atoms with E-state index in [1.807, 2.05) is 39.8 Å². The van der Waals surface area contributed by atoms with Crippen LogP contribution in [0.3, 0.4) is 0 Å². The Morgan fingerprint density at radius 3 is 2.50 bits per heavy atom. The number of likely N-dealkylation sites (tertiary alicyclic amines) is 1. The van der Waals surface area contributed by atoms with Gasteiger partial charge in [0.05, 0.1) is 13.1 Å². The summed E-state index contributed by atoms with van der Waals surface area (Å²) >= 11 is 1.57. The highest BCUT2D eigenvalue weighted by molar-refractivity contribution is 7.12. The molecule has 5 heteroatoms. The SMILES string of the molecule is Cc1ccc(C2(O)CN(C(=O)OC(C)(C)C)C2)s1. The highest BCUT2D eigenvalue weighted by atomic mass is 32.1. The monoisotopic (exact) mass is 269 g/mol. The molecule has 2 heterocycles. The number of thiophene rings is 1. The van der Waals surface area contributed by atoms with Crippen LogP contribution < -0.4 is 0 Å². The van der Waals surface area contributed by atoms with Crippen molar-refractivity contribution in [3.63, 3.8) is 0 Å². The number of ether oxygens (including phenoxy) is 1. The predicted octanol–water partition coefficient (Wildman–Crippen LogP) is 2.49. The van der Waals surface area contributed by atoms with E-state index in [4.69, 9.17) is 4.74 Å². The fourth-order valence-electron chi connectivity index (χ4n) is 1.88. The average molecular weight is 269 g/mol. The topological polar surface area (TPSA) is 49.8 Å². The maximum Gasteiger partial charge on any atom is 0.410 e. The van der Waals surface area contributed by atoms with E-state index in [1.54, 1.807) is 11.3 Å². The first-order valence-electron chi connectivity index (χ1n) is 5.97. The zero-order valence-electron chi connectivity index (χ0n) is 11.2. The molecule has 1 amide bonds. The van der Waals surface area contributed by atoms with Crippen molar-refractivity contribution in [2.45, 2.75) is 38.9 Å². The second-order valence-corrected chi connectivity index (χ2v) is 7.07. The lowest BCUT2D eigenvalue weighted by Crippen LogP contribution is -2.61. The third-order valence-electron chi connectivity index (χ3n) is 2.76. The maximum atomic E-state index is 11.8. The molecule has 0 saturated carbocycles. The van der Waals surface area contributed by atoms with E-state index >= 15 is 0 Å². The lowest BCUT2D eigenvalue weighted by Gasteiger charge is -2.45. The summed E-state index contributed by atoms with van der Waals surface area (Å²) in [6.45, 7) is 8.12. The molecule has 0 bridgehead atoms. The Kier molecular flexibility index (Phi) is 3.15. The van der Waals surface area contributed by atoms with Gasteiger partial charge in [0.1, 0.15) is 11.2 Å². The third-order valence-corrected chi connectivity index (χ3v) is 3.95. The molecule has 0 aromatic carbocycles. The summed E-state index contributed by atoms with van der Waals surface area (Å²) in [5, 5.41) is 10.4. The molecule has 4 nitrogen and oxygen atoms in total. The summed E-state index contributed by atoms with van der Waals surface area (Å²) < 4.78 is 5.26. The van der Waals surface area contributed by atoms with E-state index in [0.29, 0.717) is 13.1 Å². The van der Waals surface area contributed by atoms with Gasteiger partial charge in [0.15, 0.2) is 0 Å². The summed E-state index contributed by atoms with van der Waals surface area (Å²) in [5.74, 6) is 0. The highest BCUT2D eigenvalue weighted by Gasteiger charge is 2.47. The number of hydrogen-bond acceptors (Lipinski definition) is 4. The number of aryl methyl sites for hydroxylation is 1. The molecule has 2 rings (SSSR count). The van der Waals surface area contributed by atoms with Gasteiger partial charge in [-0.25, -0.2) is 4.79 Å². The van der Waals surface area contributed by atoms with Crippen LogP contribution in [-0.2, 0) is 10.3 Å². The molecule has 1 N–H and O–H groups in total. The van der Waals surface area contributed by atoms with Crippen molar-refractivity contribution in [1.82, 2.24) is 4.90 Å². The molecule has 100 valence electrons. The second-order valence-electron chi connectivity index (χ2n) is 5.78. The Labute approximate surface area is 111 Å². The Morgan fingerprint density at radius 2 is 2.06 bits per heavy atom. The molecule has 18 heavy (non-hydrogen) atoms.